The SMILES string of the molecule is C1=Cc2c3c4c5c(ccc4n2-c2nc(-c4ccccc4)nc(-c4ccc6c(c4)sc4ccccc46)n2)-c2ccccc2C52C(=C(/C=C\C=C\1)c1ccccc12)C=C3. The maximum atomic E-state index is 5.39. The topological polar surface area (TPSA) is 43.6 Å². The summed E-state index contributed by atoms with van der Waals surface area (Å²) in [5.41, 5.74) is 15.1. The Labute approximate surface area is 332 Å². The quantitative estimate of drug-likeness (QED) is 0.181. The predicted molar refractivity (Wildman–Crippen MR) is 235 cm³/mol. The van der Waals surface area contributed by atoms with E-state index in [9.17, 15) is 0 Å². The Kier molecular flexibility index (Phi) is 6.22. The predicted octanol–water partition coefficient (Wildman–Crippen LogP) is 12.8. The van der Waals surface area contributed by atoms with Crippen LogP contribution in [0.1, 0.15) is 33.5 Å². The summed E-state index contributed by atoms with van der Waals surface area (Å²) in [6.07, 6.45) is 17.8. The molecule has 0 N–H and O–H groups in total. The molecule has 0 fully saturated rings. The van der Waals surface area contributed by atoms with E-state index in [-0.39, 0.29) is 0 Å². The van der Waals surface area contributed by atoms with Gasteiger partial charge in [-0.1, -0.05) is 158 Å². The molecule has 1 unspecified atom stereocenters. The second-order valence-corrected chi connectivity index (χ2v) is 16.2. The molecule has 57 heavy (non-hydrogen) atoms. The molecule has 4 nitrogen and oxygen atoms in total. The lowest BCUT2D eigenvalue weighted by Gasteiger charge is -2.31. The minimum Gasteiger partial charge on any atom is -0.278 e. The van der Waals surface area contributed by atoms with Crippen LogP contribution < -0.4 is 0 Å². The van der Waals surface area contributed by atoms with E-state index in [1.807, 2.05) is 18.2 Å². The summed E-state index contributed by atoms with van der Waals surface area (Å²) < 4.78 is 4.75. The maximum absolute atomic E-state index is 5.39. The van der Waals surface area contributed by atoms with E-state index in [0.717, 1.165) is 27.9 Å². The lowest BCUT2D eigenvalue weighted by Crippen LogP contribution is -2.26. The number of thiophene rings is 1. The molecule has 3 heterocycles. The molecule has 1 atom stereocenters. The van der Waals surface area contributed by atoms with E-state index >= 15 is 0 Å². The van der Waals surface area contributed by atoms with Crippen LogP contribution in [0.4, 0.5) is 0 Å². The van der Waals surface area contributed by atoms with Crippen LogP contribution in [-0.4, -0.2) is 19.5 Å². The third-order valence-corrected chi connectivity index (χ3v) is 13.4. The molecular formula is C52H30N4S. The van der Waals surface area contributed by atoms with Crippen LogP contribution in [0.3, 0.4) is 0 Å². The molecule has 0 aliphatic heterocycles. The third-order valence-electron chi connectivity index (χ3n) is 12.3. The zero-order chi connectivity index (χ0) is 37.2. The fourth-order valence-corrected chi connectivity index (χ4v) is 11.2. The molecule has 3 aromatic heterocycles. The Morgan fingerprint density at radius 1 is 0.509 bits per heavy atom. The van der Waals surface area contributed by atoms with Gasteiger partial charge in [-0.3, -0.25) is 4.57 Å². The summed E-state index contributed by atoms with van der Waals surface area (Å²) in [5, 5.41) is 3.75. The van der Waals surface area contributed by atoms with E-state index in [4.69, 9.17) is 15.0 Å². The number of rotatable bonds is 3. The molecule has 13 rings (SSSR count). The summed E-state index contributed by atoms with van der Waals surface area (Å²) in [4.78, 5) is 15.9. The highest BCUT2D eigenvalue weighted by molar-refractivity contribution is 7.25. The lowest BCUT2D eigenvalue weighted by atomic mass is 9.69. The van der Waals surface area contributed by atoms with Crippen LogP contribution in [0.25, 0.3) is 88.7 Å². The van der Waals surface area contributed by atoms with Crippen molar-refractivity contribution in [2.75, 3.05) is 0 Å². The minimum absolute atomic E-state index is 0.479. The first-order chi connectivity index (χ1) is 28.3. The van der Waals surface area contributed by atoms with Gasteiger partial charge in [-0.05, 0) is 68.8 Å². The van der Waals surface area contributed by atoms with E-state index in [1.165, 1.54) is 70.1 Å². The van der Waals surface area contributed by atoms with Crippen molar-refractivity contribution in [2.45, 2.75) is 5.41 Å². The first-order valence-corrected chi connectivity index (χ1v) is 20.2. The Morgan fingerprint density at radius 2 is 1.23 bits per heavy atom. The summed E-state index contributed by atoms with van der Waals surface area (Å²) >= 11 is 1.81. The molecule has 0 saturated carbocycles. The summed E-state index contributed by atoms with van der Waals surface area (Å²) in [6.45, 7) is 0. The largest absolute Gasteiger partial charge is 0.278 e. The normalized spacial score (nSPS) is 18.0. The molecule has 264 valence electrons. The summed E-state index contributed by atoms with van der Waals surface area (Å²) in [6, 6.07) is 48.1. The van der Waals surface area contributed by atoms with E-state index in [2.05, 4.69) is 168 Å². The van der Waals surface area contributed by atoms with Gasteiger partial charge in [-0.15, -0.1) is 11.3 Å². The van der Waals surface area contributed by atoms with Gasteiger partial charge in [0.25, 0.3) is 0 Å². The van der Waals surface area contributed by atoms with E-state index in [0.29, 0.717) is 17.6 Å². The number of hydrogen-bond donors (Lipinski definition) is 0. The number of hydrogen-bond acceptors (Lipinski definition) is 4. The zero-order valence-corrected chi connectivity index (χ0v) is 31.3. The smallest absolute Gasteiger partial charge is 0.238 e. The molecule has 4 aliphatic carbocycles. The van der Waals surface area contributed by atoms with Crippen molar-refractivity contribution in [3.63, 3.8) is 0 Å². The molecule has 5 heteroatoms. The molecule has 6 aromatic carbocycles. The Balaban J connectivity index is 1.15. The maximum Gasteiger partial charge on any atom is 0.238 e. The van der Waals surface area contributed by atoms with Crippen molar-refractivity contribution in [2.24, 2.45) is 0 Å². The highest BCUT2D eigenvalue weighted by Gasteiger charge is 2.54. The monoisotopic (exact) mass is 742 g/mol. The number of nitrogens with zero attached hydrogens (tertiary/aromatic N) is 4. The zero-order valence-electron chi connectivity index (χ0n) is 30.5. The average Bonchev–Trinajstić information content (AvgIpc) is 3.93. The van der Waals surface area contributed by atoms with Crippen LogP contribution in [0.15, 0.2) is 175 Å². The highest BCUT2D eigenvalue weighted by atomic mass is 32.1. The van der Waals surface area contributed by atoms with Crippen LogP contribution >= 0.6 is 11.3 Å². The molecule has 0 saturated heterocycles. The van der Waals surface area contributed by atoms with Gasteiger partial charge in [0.1, 0.15) is 0 Å². The number of aromatic nitrogens is 4. The Bertz CT molecular complexity index is 3410. The molecule has 0 radical (unpaired) electrons. The summed E-state index contributed by atoms with van der Waals surface area (Å²) in [5.74, 6) is 1.87. The van der Waals surface area contributed by atoms with Crippen LogP contribution in [-0.2, 0) is 5.41 Å². The second kappa shape index (κ2) is 11.4. The van der Waals surface area contributed by atoms with Gasteiger partial charge in [0.2, 0.25) is 5.95 Å². The Hall–Kier alpha value is -7.21. The van der Waals surface area contributed by atoms with Gasteiger partial charge >= 0.3 is 0 Å². The van der Waals surface area contributed by atoms with Crippen LogP contribution in [0, 0.1) is 0 Å². The van der Waals surface area contributed by atoms with Crippen molar-refractivity contribution in [1.82, 2.24) is 19.5 Å². The number of allylic oxidation sites excluding steroid dienone is 8. The third kappa shape index (κ3) is 4.08. The first-order valence-electron chi connectivity index (χ1n) is 19.4. The standard InChI is InChI=1S/C52H30N4S/c1-2-7-22-43-39-26-28-42-34(16-6-1)33-17-8-11-20-40(33)52(42)41-21-12-9-18-35(41)38-27-29-44(47(39)48(38)52)56(43)51-54-49(31-14-4-3-5-15-31)53-50(55-51)32-24-25-37-36-19-10-13-23-45(36)57-46(37)30-32/h1-30H/b2-1+,6-1?,7-2?,16-6-,22-7?,34-16?,43-22?. The number of benzene rings is 6. The van der Waals surface area contributed by atoms with Crippen molar-refractivity contribution in [3.8, 4) is 39.9 Å². The van der Waals surface area contributed by atoms with Crippen molar-refractivity contribution in [3.05, 3.63) is 209 Å². The molecule has 9 aromatic rings. The van der Waals surface area contributed by atoms with Gasteiger partial charge < -0.3 is 0 Å². The Morgan fingerprint density at radius 3 is 2.11 bits per heavy atom. The number of fused-ring (bicyclic) bond motifs is 7. The summed E-state index contributed by atoms with van der Waals surface area (Å²) in [7, 11) is 0. The van der Waals surface area contributed by atoms with Crippen molar-refractivity contribution < 1.29 is 0 Å². The van der Waals surface area contributed by atoms with Gasteiger partial charge in [0, 0.05) is 42.2 Å². The van der Waals surface area contributed by atoms with Crippen LogP contribution in [0.2, 0.25) is 0 Å². The van der Waals surface area contributed by atoms with Gasteiger partial charge in [0.05, 0.1) is 16.6 Å². The molecule has 1 spiro atoms. The molecule has 4 aliphatic rings. The fraction of sp³-hybridized carbons (Fsp3) is 0.0192. The lowest BCUT2D eigenvalue weighted by molar-refractivity contribution is 0.795. The van der Waals surface area contributed by atoms with Crippen molar-refractivity contribution >= 4 is 60.1 Å². The van der Waals surface area contributed by atoms with Gasteiger partial charge in [-0.2, -0.15) is 9.97 Å². The molecular weight excluding hydrogens is 713 g/mol. The fourth-order valence-electron chi connectivity index (χ4n) is 10.0. The molecule has 2 bridgehead atoms. The van der Waals surface area contributed by atoms with E-state index in [1.54, 1.807) is 11.3 Å². The van der Waals surface area contributed by atoms with Gasteiger partial charge in [-0.25, -0.2) is 4.98 Å². The highest BCUT2D eigenvalue weighted by Crippen LogP contribution is 2.65. The second-order valence-electron chi connectivity index (χ2n) is 15.1. The first kappa shape index (κ1) is 31.0. The molecule has 0 amide bonds. The van der Waals surface area contributed by atoms with Crippen LogP contribution in [0.5, 0.6) is 0 Å². The van der Waals surface area contributed by atoms with Crippen molar-refractivity contribution in [1.29, 1.82) is 0 Å². The average molecular weight is 743 g/mol. The minimum atomic E-state index is -0.479. The van der Waals surface area contributed by atoms with Gasteiger partial charge in [0.15, 0.2) is 11.6 Å². The van der Waals surface area contributed by atoms with E-state index < -0.39 is 5.41 Å².